The second-order valence-electron chi connectivity index (χ2n) is 5.00. The average Bonchev–Trinajstić information content (AvgIpc) is 2.55. The van der Waals surface area contributed by atoms with E-state index in [0.717, 1.165) is 17.7 Å². The molecule has 2 N–H and O–H groups in total. The number of aryl methyl sites for hydroxylation is 1. The Morgan fingerprint density at radius 1 is 1.26 bits per heavy atom. The van der Waals surface area contributed by atoms with E-state index >= 15 is 0 Å². The molecule has 1 amide bonds. The fourth-order valence-corrected chi connectivity index (χ4v) is 2.03. The summed E-state index contributed by atoms with van der Waals surface area (Å²) in [5.74, 6) is 0.291. The van der Waals surface area contributed by atoms with Crippen molar-refractivity contribution in [1.82, 2.24) is 15.5 Å². The molecule has 7 heteroatoms. The molecule has 0 aliphatic carbocycles. The third kappa shape index (κ3) is 5.19. The van der Waals surface area contributed by atoms with Gasteiger partial charge in [0.25, 0.3) is 5.91 Å². The molecule has 0 saturated heterocycles. The van der Waals surface area contributed by atoms with E-state index in [-0.39, 0.29) is 11.6 Å². The Bertz CT molecular complexity index is 662. The van der Waals surface area contributed by atoms with E-state index in [1.807, 2.05) is 25.1 Å². The Kier molecular flexibility index (Phi) is 6.31. The zero-order chi connectivity index (χ0) is 16.7. The van der Waals surface area contributed by atoms with Crippen LogP contribution in [-0.4, -0.2) is 36.4 Å². The molecular weight excluding hydrogens is 316 g/mol. The fraction of sp³-hybridized carbons (Fsp3) is 0.312. The number of nitrogens with zero attached hydrogens (tertiary/aromatic N) is 2. The summed E-state index contributed by atoms with van der Waals surface area (Å²) in [4.78, 5) is 11.9. The number of nitrogens with one attached hydrogen (secondary N) is 2. The third-order valence-electron chi connectivity index (χ3n) is 3.15. The molecule has 2 rings (SSSR count). The van der Waals surface area contributed by atoms with Crippen molar-refractivity contribution >= 4 is 29.0 Å². The largest absolute Gasteiger partial charge is 0.385 e. The summed E-state index contributed by atoms with van der Waals surface area (Å²) in [5, 5.41) is 14.5. The molecule has 2 aromatic rings. The molecule has 1 aromatic heterocycles. The van der Waals surface area contributed by atoms with Crippen LogP contribution in [0.15, 0.2) is 30.3 Å². The molecule has 0 bridgehead atoms. The van der Waals surface area contributed by atoms with E-state index in [9.17, 15) is 4.79 Å². The molecule has 122 valence electrons. The maximum atomic E-state index is 11.9. The number of aromatic nitrogens is 2. The Balaban J connectivity index is 1.93. The molecule has 0 unspecified atom stereocenters. The van der Waals surface area contributed by atoms with Crippen LogP contribution >= 0.6 is 11.6 Å². The summed E-state index contributed by atoms with van der Waals surface area (Å²) in [7, 11) is 1.63. The highest BCUT2D eigenvalue weighted by Gasteiger charge is 2.07. The van der Waals surface area contributed by atoms with Gasteiger partial charge in [-0.3, -0.25) is 4.79 Å². The summed E-state index contributed by atoms with van der Waals surface area (Å²) in [6.07, 6.45) is 0.753. The number of benzene rings is 1. The number of anilines is 2. The lowest BCUT2D eigenvalue weighted by Gasteiger charge is -2.07. The van der Waals surface area contributed by atoms with Crippen molar-refractivity contribution in [2.75, 3.05) is 25.6 Å². The van der Waals surface area contributed by atoms with E-state index in [4.69, 9.17) is 16.3 Å². The highest BCUT2D eigenvalue weighted by molar-refractivity contribution is 6.31. The van der Waals surface area contributed by atoms with Gasteiger partial charge in [-0.1, -0.05) is 17.7 Å². The minimum absolute atomic E-state index is 0.251. The van der Waals surface area contributed by atoms with Gasteiger partial charge in [-0.25, -0.2) is 0 Å². The summed E-state index contributed by atoms with van der Waals surface area (Å²) in [5.41, 5.74) is 2.09. The SMILES string of the molecule is COCCCNC(=O)c1ccc(Nc2ccc(C)c(Cl)c2)nn1. The van der Waals surface area contributed by atoms with Gasteiger partial charge in [0.1, 0.15) is 0 Å². The molecule has 1 heterocycles. The van der Waals surface area contributed by atoms with Crippen LogP contribution in [0.3, 0.4) is 0 Å². The molecule has 0 spiro atoms. The van der Waals surface area contributed by atoms with Crippen LogP contribution in [0.1, 0.15) is 22.5 Å². The fourth-order valence-electron chi connectivity index (χ4n) is 1.85. The maximum Gasteiger partial charge on any atom is 0.271 e. The minimum atomic E-state index is -0.251. The van der Waals surface area contributed by atoms with Crippen LogP contribution in [0.5, 0.6) is 0 Å². The molecule has 0 fully saturated rings. The Morgan fingerprint density at radius 2 is 2.09 bits per heavy atom. The predicted octanol–water partition coefficient (Wildman–Crippen LogP) is 2.95. The predicted molar refractivity (Wildman–Crippen MR) is 90.3 cm³/mol. The molecular formula is C16H19ClN4O2. The lowest BCUT2D eigenvalue weighted by molar-refractivity contribution is 0.0942. The quantitative estimate of drug-likeness (QED) is 0.761. The van der Waals surface area contributed by atoms with Crippen molar-refractivity contribution in [3.8, 4) is 0 Å². The molecule has 23 heavy (non-hydrogen) atoms. The van der Waals surface area contributed by atoms with Gasteiger partial charge in [-0.15, -0.1) is 10.2 Å². The van der Waals surface area contributed by atoms with Crippen LogP contribution < -0.4 is 10.6 Å². The first-order chi connectivity index (χ1) is 11.1. The standard InChI is InChI=1S/C16H19ClN4O2/c1-11-4-5-12(10-13(11)17)19-15-7-6-14(20-21-15)16(22)18-8-3-9-23-2/h4-7,10H,3,8-9H2,1-2H3,(H,18,22)(H,19,21). The first-order valence-electron chi connectivity index (χ1n) is 7.24. The molecule has 0 aliphatic rings. The van der Waals surface area contributed by atoms with E-state index in [0.29, 0.717) is 24.0 Å². The second-order valence-corrected chi connectivity index (χ2v) is 5.40. The number of hydrogen-bond acceptors (Lipinski definition) is 5. The van der Waals surface area contributed by atoms with Crippen molar-refractivity contribution in [1.29, 1.82) is 0 Å². The van der Waals surface area contributed by atoms with E-state index < -0.39 is 0 Å². The molecule has 0 radical (unpaired) electrons. The number of rotatable bonds is 7. The number of amides is 1. The monoisotopic (exact) mass is 334 g/mol. The van der Waals surface area contributed by atoms with Crippen LogP contribution in [0.4, 0.5) is 11.5 Å². The zero-order valence-electron chi connectivity index (χ0n) is 13.1. The van der Waals surface area contributed by atoms with Gasteiger partial charge in [0.05, 0.1) is 0 Å². The normalized spacial score (nSPS) is 10.4. The number of hydrogen-bond donors (Lipinski definition) is 2. The first kappa shape index (κ1) is 17.2. The van der Waals surface area contributed by atoms with Gasteiger partial charge in [0, 0.05) is 31.0 Å². The van der Waals surface area contributed by atoms with E-state index in [1.54, 1.807) is 19.2 Å². The number of ether oxygens (including phenoxy) is 1. The summed E-state index contributed by atoms with van der Waals surface area (Å²) in [6.45, 7) is 3.08. The molecule has 6 nitrogen and oxygen atoms in total. The maximum absolute atomic E-state index is 11.9. The van der Waals surface area contributed by atoms with Gasteiger partial charge in [0.15, 0.2) is 11.5 Å². The average molecular weight is 335 g/mol. The minimum Gasteiger partial charge on any atom is -0.385 e. The lowest BCUT2D eigenvalue weighted by Crippen LogP contribution is -2.26. The van der Waals surface area contributed by atoms with Crippen molar-refractivity contribution in [2.45, 2.75) is 13.3 Å². The summed E-state index contributed by atoms with van der Waals surface area (Å²) < 4.78 is 4.92. The van der Waals surface area contributed by atoms with Crippen molar-refractivity contribution in [2.24, 2.45) is 0 Å². The van der Waals surface area contributed by atoms with E-state index in [2.05, 4.69) is 20.8 Å². The number of carbonyl (C=O) groups excluding carboxylic acids is 1. The number of carbonyl (C=O) groups is 1. The van der Waals surface area contributed by atoms with Crippen LogP contribution in [0, 0.1) is 6.92 Å². The molecule has 0 saturated carbocycles. The number of halogens is 1. The smallest absolute Gasteiger partial charge is 0.271 e. The van der Waals surface area contributed by atoms with Crippen LogP contribution in [0.25, 0.3) is 0 Å². The molecule has 1 aromatic carbocycles. The Morgan fingerprint density at radius 3 is 2.74 bits per heavy atom. The molecule has 0 atom stereocenters. The van der Waals surface area contributed by atoms with Crippen molar-refractivity contribution in [3.05, 3.63) is 46.6 Å². The van der Waals surface area contributed by atoms with Crippen molar-refractivity contribution in [3.63, 3.8) is 0 Å². The zero-order valence-corrected chi connectivity index (χ0v) is 13.9. The van der Waals surface area contributed by atoms with Crippen LogP contribution in [0.2, 0.25) is 5.02 Å². The van der Waals surface area contributed by atoms with E-state index in [1.165, 1.54) is 0 Å². The lowest BCUT2D eigenvalue weighted by atomic mass is 10.2. The highest BCUT2D eigenvalue weighted by Crippen LogP contribution is 2.22. The highest BCUT2D eigenvalue weighted by atomic mass is 35.5. The van der Waals surface area contributed by atoms with Crippen LogP contribution in [-0.2, 0) is 4.74 Å². The van der Waals surface area contributed by atoms with Crippen molar-refractivity contribution < 1.29 is 9.53 Å². The van der Waals surface area contributed by atoms with Gasteiger partial charge in [-0.2, -0.15) is 0 Å². The van der Waals surface area contributed by atoms with Gasteiger partial charge >= 0.3 is 0 Å². The molecule has 0 aliphatic heterocycles. The van der Waals surface area contributed by atoms with Gasteiger partial charge in [0.2, 0.25) is 0 Å². The Hall–Kier alpha value is -2.18. The number of methoxy groups -OCH3 is 1. The van der Waals surface area contributed by atoms with Gasteiger partial charge < -0.3 is 15.4 Å². The van der Waals surface area contributed by atoms with Gasteiger partial charge in [-0.05, 0) is 43.2 Å². The first-order valence-corrected chi connectivity index (χ1v) is 7.62. The topological polar surface area (TPSA) is 76.1 Å². The third-order valence-corrected chi connectivity index (χ3v) is 3.56. The Labute approximate surface area is 140 Å². The summed E-state index contributed by atoms with van der Waals surface area (Å²) >= 11 is 6.08. The second kappa shape index (κ2) is 8.45. The summed E-state index contributed by atoms with van der Waals surface area (Å²) in [6, 6.07) is 8.95.